The summed E-state index contributed by atoms with van der Waals surface area (Å²) in [7, 11) is 0. The van der Waals surface area contributed by atoms with E-state index in [0.717, 1.165) is 6.42 Å². The molecule has 0 bridgehead atoms. The minimum absolute atomic E-state index is 0.0125. The first kappa shape index (κ1) is 10.1. The molecule has 1 saturated heterocycles. The third kappa shape index (κ3) is 1.85. The highest BCUT2D eigenvalue weighted by Crippen LogP contribution is 2.32. The lowest BCUT2D eigenvalue weighted by atomic mass is 9.83. The fraction of sp³-hybridized carbons (Fsp3) is 0.667. The Balaban J connectivity index is 2.07. The van der Waals surface area contributed by atoms with Gasteiger partial charge >= 0.3 is 5.97 Å². The van der Waals surface area contributed by atoms with Crippen molar-refractivity contribution in [2.24, 2.45) is 5.41 Å². The first-order chi connectivity index (χ1) is 7.15. The number of aromatic carboxylic acids is 1. The Morgan fingerprint density at radius 3 is 2.87 bits per heavy atom. The molecule has 2 rings (SSSR count). The second-order valence-corrected chi connectivity index (χ2v) is 3.95. The Kier molecular flexibility index (Phi) is 2.44. The molecule has 15 heavy (non-hydrogen) atoms. The molecular formula is C9H13N3O3. The minimum Gasteiger partial charge on any atom is -0.476 e. The molecule has 0 radical (unpaired) electrons. The highest BCUT2D eigenvalue weighted by Gasteiger charge is 2.37. The van der Waals surface area contributed by atoms with Crippen molar-refractivity contribution >= 4 is 5.97 Å². The third-order valence-corrected chi connectivity index (χ3v) is 2.82. The molecule has 6 heteroatoms. The SMILES string of the molecule is CCC1(Cn2cc(C(=O)O)nn2)COC1. The summed E-state index contributed by atoms with van der Waals surface area (Å²) in [5.74, 6) is -1.04. The van der Waals surface area contributed by atoms with Crippen molar-refractivity contribution in [2.75, 3.05) is 13.2 Å². The van der Waals surface area contributed by atoms with Crippen LogP contribution in [0.5, 0.6) is 0 Å². The number of hydrogen-bond donors (Lipinski definition) is 1. The van der Waals surface area contributed by atoms with Crippen LogP contribution in [0.15, 0.2) is 6.20 Å². The zero-order chi connectivity index (χ0) is 10.9. The van der Waals surface area contributed by atoms with Gasteiger partial charge in [0, 0.05) is 5.41 Å². The smallest absolute Gasteiger partial charge is 0.358 e. The quantitative estimate of drug-likeness (QED) is 0.780. The van der Waals surface area contributed by atoms with Gasteiger partial charge in [-0.15, -0.1) is 5.10 Å². The number of nitrogens with zero attached hydrogens (tertiary/aromatic N) is 3. The molecule has 1 N–H and O–H groups in total. The Labute approximate surface area is 86.8 Å². The van der Waals surface area contributed by atoms with Crippen LogP contribution in [0.3, 0.4) is 0 Å². The van der Waals surface area contributed by atoms with E-state index >= 15 is 0 Å². The summed E-state index contributed by atoms with van der Waals surface area (Å²) in [6.45, 7) is 4.19. The molecule has 6 nitrogen and oxygen atoms in total. The highest BCUT2D eigenvalue weighted by molar-refractivity contribution is 5.84. The fourth-order valence-corrected chi connectivity index (χ4v) is 1.62. The van der Waals surface area contributed by atoms with Gasteiger partial charge in [-0.2, -0.15) is 0 Å². The predicted octanol–water partition coefficient (Wildman–Crippen LogP) is 0.403. The molecule has 0 aromatic carbocycles. The van der Waals surface area contributed by atoms with Gasteiger partial charge in [0.2, 0.25) is 0 Å². The lowest BCUT2D eigenvalue weighted by Crippen LogP contribution is -2.45. The van der Waals surface area contributed by atoms with E-state index in [1.165, 1.54) is 6.20 Å². The molecule has 0 aliphatic carbocycles. The van der Waals surface area contributed by atoms with Crippen molar-refractivity contribution in [3.8, 4) is 0 Å². The Morgan fingerprint density at radius 1 is 1.73 bits per heavy atom. The predicted molar refractivity (Wildman–Crippen MR) is 50.5 cm³/mol. The summed E-state index contributed by atoms with van der Waals surface area (Å²) < 4.78 is 6.76. The number of carboxylic acids is 1. The van der Waals surface area contributed by atoms with Crippen LogP contribution in [0.25, 0.3) is 0 Å². The van der Waals surface area contributed by atoms with Crippen molar-refractivity contribution in [1.29, 1.82) is 0 Å². The zero-order valence-corrected chi connectivity index (χ0v) is 8.51. The molecule has 0 spiro atoms. The molecule has 0 amide bonds. The standard InChI is InChI=1S/C9H13N3O3/c1-2-9(5-15-6-9)4-12-3-7(8(13)14)10-11-12/h3H,2,4-6H2,1H3,(H,13,14). The molecule has 2 heterocycles. The second kappa shape index (κ2) is 3.62. The summed E-state index contributed by atoms with van der Waals surface area (Å²) in [4.78, 5) is 10.6. The van der Waals surface area contributed by atoms with Crippen LogP contribution in [0, 0.1) is 5.41 Å². The van der Waals surface area contributed by atoms with Gasteiger partial charge in [0.15, 0.2) is 5.69 Å². The average Bonchev–Trinajstić information content (AvgIpc) is 2.59. The summed E-state index contributed by atoms with van der Waals surface area (Å²) in [6, 6.07) is 0. The van der Waals surface area contributed by atoms with E-state index in [1.807, 2.05) is 0 Å². The van der Waals surface area contributed by atoms with Gasteiger partial charge in [0.1, 0.15) is 0 Å². The topological polar surface area (TPSA) is 77.2 Å². The van der Waals surface area contributed by atoms with E-state index in [-0.39, 0.29) is 11.1 Å². The van der Waals surface area contributed by atoms with Crippen LogP contribution in [0.2, 0.25) is 0 Å². The summed E-state index contributed by atoms with van der Waals surface area (Å²) in [5, 5.41) is 16.0. The van der Waals surface area contributed by atoms with Gasteiger partial charge in [-0.25, -0.2) is 4.79 Å². The third-order valence-electron chi connectivity index (χ3n) is 2.82. The van der Waals surface area contributed by atoms with Gasteiger partial charge in [-0.05, 0) is 6.42 Å². The first-order valence-electron chi connectivity index (χ1n) is 4.86. The van der Waals surface area contributed by atoms with Gasteiger partial charge in [-0.3, -0.25) is 4.68 Å². The van der Waals surface area contributed by atoms with E-state index in [1.54, 1.807) is 4.68 Å². The Hall–Kier alpha value is -1.43. The summed E-state index contributed by atoms with van der Waals surface area (Å²) in [5.41, 5.74) is 0.102. The van der Waals surface area contributed by atoms with Crippen LogP contribution in [0.1, 0.15) is 23.8 Å². The van der Waals surface area contributed by atoms with E-state index < -0.39 is 5.97 Å². The number of carboxylic acid groups (broad SMARTS) is 1. The lowest BCUT2D eigenvalue weighted by Gasteiger charge is -2.40. The van der Waals surface area contributed by atoms with Crippen LogP contribution < -0.4 is 0 Å². The molecule has 1 fully saturated rings. The number of hydrogen-bond acceptors (Lipinski definition) is 4. The Bertz CT molecular complexity index is 365. The van der Waals surface area contributed by atoms with Crippen LogP contribution in [0.4, 0.5) is 0 Å². The van der Waals surface area contributed by atoms with Gasteiger partial charge < -0.3 is 9.84 Å². The number of carbonyl (C=O) groups is 1. The first-order valence-corrected chi connectivity index (χ1v) is 4.86. The molecule has 1 aromatic rings. The second-order valence-electron chi connectivity index (χ2n) is 3.95. The molecule has 1 aliphatic heterocycles. The fourth-order valence-electron chi connectivity index (χ4n) is 1.62. The average molecular weight is 211 g/mol. The largest absolute Gasteiger partial charge is 0.476 e. The van der Waals surface area contributed by atoms with E-state index in [9.17, 15) is 4.79 Å². The number of rotatable bonds is 4. The highest BCUT2D eigenvalue weighted by atomic mass is 16.5. The molecule has 1 aliphatic rings. The van der Waals surface area contributed by atoms with Crippen molar-refractivity contribution in [3.05, 3.63) is 11.9 Å². The van der Waals surface area contributed by atoms with Crippen LogP contribution >= 0.6 is 0 Å². The molecule has 0 saturated carbocycles. The van der Waals surface area contributed by atoms with Crippen LogP contribution in [-0.2, 0) is 11.3 Å². The normalized spacial score (nSPS) is 18.5. The van der Waals surface area contributed by atoms with Crippen molar-refractivity contribution < 1.29 is 14.6 Å². The molecule has 1 aromatic heterocycles. The monoisotopic (exact) mass is 211 g/mol. The molecule has 0 atom stereocenters. The molecule has 82 valence electrons. The van der Waals surface area contributed by atoms with E-state index in [0.29, 0.717) is 19.8 Å². The van der Waals surface area contributed by atoms with Crippen molar-refractivity contribution in [2.45, 2.75) is 19.9 Å². The zero-order valence-electron chi connectivity index (χ0n) is 8.51. The Morgan fingerprint density at radius 2 is 2.47 bits per heavy atom. The van der Waals surface area contributed by atoms with Crippen molar-refractivity contribution in [1.82, 2.24) is 15.0 Å². The maximum atomic E-state index is 10.6. The summed E-state index contributed by atoms with van der Waals surface area (Å²) >= 11 is 0. The summed E-state index contributed by atoms with van der Waals surface area (Å²) in [6.07, 6.45) is 2.45. The minimum atomic E-state index is -1.04. The van der Waals surface area contributed by atoms with Crippen LogP contribution in [-0.4, -0.2) is 39.3 Å². The van der Waals surface area contributed by atoms with E-state index in [4.69, 9.17) is 9.84 Å². The van der Waals surface area contributed by atoms with Gasteiger partial charge in [0.25, 0.3) is 0 Å². The maximum absolute atomic E-state index is 10.6. The maximum Gasteiger partial charge on any atom is 0.358 e. The molecule has 0 unspecified atom stereocenters. The number of aromatic nitrogens is 3. The van der Waals surface area contributed by atoms with Gasteiger partial charge in [-0.1, -0.05) is 12.1 Å². The molecular weight excluding hydrogens is 198 g/mol. The van der Waals surface area contributed by atoms with E-state index in [2.05, 4.69) is 17.2 Å². The lowest BCUT2D eigenvalue weighted by molar-refractivity contribution is -0.125. The van der Waals surface area contributed by atoms with Gasteiger partial charge in [0.05, 0.1) is 26.0 Å². The number of ether oxygens (including phenoxy) is 1. The van der Waals surface area contributed by atoms with Crippen molar-refractivity contribution in [3.63, 3.8) is 0 Å².